The predicted molar refractivity (Wildman–Crippen MR) is 70.4 cm³/mol. The van der Waals surface area contributed by atoms with Crippen LogP contribution in [0.4, 0.5) is 0 Å². The lowest BCUT2D eigenvalue weighted by atomic mass is 10.0. The Morgan fingerprint density at radius 3 is 2.65 bits per heavy atom. The van der Waals surface area contributed by atoms with Crippen molar-refractivity contribution in [1.82, 2.24) is 0 Å². The lowest BCUT2D eigenvalue weighted by Gasteiger charge is -2.05. The van der Waals surface area contributed by atoms with Crippen LogP contribution in [0.3, 0.4) is 0 Å². The molecule has 0 bridgehead atoms. The summed E-state index contributed by atoms with van der Waals surface area (Å²) in [6.45, 7) is 0.811. The molecule has 1 fully saturated rings. The number of benzene rings is 2. The zero-order valence-electron chi connectivity index (χ0n) is 10.0. The number of hydrogen-bond donors (Lipinski definition) is 1. The molecule has 1 aliphatic rings. The highest BCUT2D eigenvalue weighted by Gasteiger charge is 2.36. The molecule has 2 aromatic rings. The monoisotopic (exact) mass is 227 g/mol. The Hall–Kier alpha value is -1.54. The first-order chi connectivity index (χ1) is 8.31. The minimum atomic E-state index is 0.687. The van der Waals surface area contributed by atoms with Crippen LogP contribution in [0.25, 0.3) is 10.8 Å². The maximum absolute atomic E-state index is 5.70. The first-order valence-corrected chi connectivity index (χ1v) is 6.09. The third kappa shape index (κ3) is 1.89. The van der Waals surface area contributed by atoms with Crippen molar-refractivity contribution in [2.24, 2.45) is 11.7 Å². The maximum Gasteiger partial charge on any atom is 0.119 e. The predicted octanol–water partition coefficient (Wildman–Crippen LogP) is 2.91. The Balaban J connectivity index is 1.97. The van der Waals surface area contributed by atoms with E-state index in [1.165, 1.54) is 22.8 Å². The molecule has 1 saturated carbocycles. The van der Waals surface area contributed by atoms with Gasteiger partial charge >= 0.3 is 0 Å². The van der Waals surface area contributed by atoms with Gasteiger partial charge in [-0.2, -0.15) is 0 Å². The van der Waals surface area contributed by atoms with Crippen LogP contribution in [0, 0.1) is 5.92 Å². The molecule has 3 rings (SSSR count). The van der Waals surface area contributed by atoms with Gasteiger partial charge in [0.25, 0.3) is 0 Å². The van der Waals surface area contributed by atoms with Crippen molar-refractivity contribution in [3.63, 3.8) is 0 Å². The van der Waals surface area contributed by atoms with E-state index in [9.17, 15) is 0 Å². The van der Waals surface area contributed by atoms with Crippen LogP contribution in [-0.4, -0.2) is 13.7 Å². The van der Waals surface area contributed by atoms with Gasteiger partial charge in [0.1, 0.15) is 5.75 Å². The average Bonchev–Trinajstić information content (AvgIpc) is 3.17. The van der Waals surface area contributed by atoms with Crippen molar-refractivity contribution < 1.29 is 4.74 Å². The smallest absolute Gasteiger partial charge is 0.119 e. The molecule has 0 heterocycles. The summed E-state index contributed by atoms with van der Waals surface area (Å²) >= 11 is 0. The Bertz CT molecular complexity index is 550. The molecule has 1 aliphatic carbocycles. The van der Waals surface area contributed by atoms with Gasteiger partial charge in [-0.25, -0.2) is 0 Å². The van der Waals surface area contributed by atoms with Crippen LogP contribution in [0.5, 0.6) is 5.75 Å². The molecule has 0 amide bonds. The molecule has 17 heavy (non-hydrogen) atoms. The minimum Gasteiger partial charge on any atom is -0.497 e. The minimum absolute atomic E-state index is 0.687. The second-order valence-corrected chi connectivity index (χ2v) is 4.81. The molecule has 88 valence electrons. The zero-order valence-corrected chi connectivity index (χ0v) is 10.0. The van der Waals surface area contributed by atoms with Gasteiger partial charge in [-0.05, 0) is 53.3 Å². The van der Waals surface area contributed by atoms with Gasteiger partial charge in [-0.15, -0.1) is 0 Å². The molecule has 2 atom stereocenters. The highest BCUT2D eigenvalue weighted by Crippen LogP contribution is 2.47. The van der Waals surface area contributed by atoms with Crippen LogP contribution in [0.2, 0.25) is 0 Å². The second-order valence-electron chi connectivity index (χ2n) is 4.81. The summed E-state index contributed by atoms with van der Waals surface area (Å²) in [6.07, 6.45) is 1.25. The zero-order chi connectivity index (χ0) is 11.8. The highest BCUT2D eigenvalue weighted by atomic mass is 16.5. The molecule has 0 unspecified atom stereocenters. The summed E-state index contributed by atoms with van der Waals surface area (Å²) < 4.78 is 5.23. The SMILES string of the molecule is COc1ccc2cc([C@@H]3C[C@H]3CN)ccc2c1. The number of nitrogens with two attached hydrogens (primary N) is 1. The quantitative estimate of drug-likeness (QED) is 0.875. The summed E-state index contributed by atoms with van der Waals surface area (Å²) in [5.74, 6) is 2.30. The van der Waals surface area contributed by atoms with Crippen LogP contribution in [-0.2, 0) is 0 Å². The molecule has 0 aromatic heterocycles. The van der Waals surface area contributed by atoms with Crippen molar-refractivity contribution in [1.29, 1.82) is 0 Å². The summed E-state index contributed by atoms with van der Waals surface area (Å²) in [6, 6.07) is 12.9. The van der Waals surface area contributed by atoms with Crippen molar-refractivity contribution in [2.45, 2.75) is 12.3 Å². The van der Waals surface area contributed by atoms with Gasteiger partial charge in [0, 0.05) is 0 Å². The van der Waals surface area contributed by atoms with E-state index in [2.05, 4.69) is 30.3 Å². The van der Waals surface area contributed by atoms with Gasteiger partial charge < -0.3 is 10.5 Å². The molecule has 2 nitrogen and oxygen atoms in total. The lowest BCUT2D eigenvalue weighted by Crippen LogP contribution is -2.01. The summed E-state index contributed by atoms with van der Waals surface area (Å²) in [4.78, 5) is 0. The van der Waals surface area contributed by atoms with Crippen molar-refractivity contribution in [2.75, 3.05) is 13.7 Å². The van der Waals surface area contributed by atoms with E-state index in [-0.39, 0.29) is 0 Å². The molecule has 2 heteroatoms. The van der Waals surface area contributed by atoms with Crippen molar-refractivity contribution in [3.05, 3.63) is 42.0 Å². The second kappa shape index (κ2) is 4.04. The van der Waals surface area contributed by atoms with Gasteiger partial charge in [0.05, 0.1) is 7.11 Å². The van der Waals surface area contributed by atoms with Gasteiger partial charge in [0.2, 0.25) is 0 Å². The third-order valence-corrected chi connectivity index (χ3v) is 3.72. The van der Waals surface area contributed by atoms with E-state index in [0.717, 1.165) is 12.3 Å². The molecular weight excluding hydrogens is 210 g/mol. The van der Waals surface area contributed by atoms with Crippen LogP contribution >= 0.6 is 0 Å². The Labute approximate surface area is 101 Å². The van der Waals surface area contributed by atoms with E-state index >= 15 is 0 Å². The summed E-state index contributed by atoms with van der Waals surface area (Å²) in [5.41, 5.74) is 7.12. The number of methoxy groups -OCH3 is 1. The van der Waals surface area contributed by atoms with Gasteiger partial charge in [0.15, 0.2) is 0 Å². The van der Waals surface area contributed by atoms with E-state index in [0.29, 0.717) is 11.8 Å². The van der Waals surface area contributed by atoms with Gasteiger partial charge in [-0.3, -0.25) is 0 Å². The highest BCUT2D eigenvalue weighted by molar-refractivity contribution is 5.84. The fraction of sp³-hybridized carbons (Fsp3) is 0.333. The lowest BCUT2D eigenvalue weighted by molar-refractivity contribution is 0.415. The fourth-order valence-corrected chi connectivity index (χ4v) is 2.52. The van der Waals surface area contributed by atoms with Crippen molar-refractivity contribution >= 4 is 10.8 Å². The first kappa shape index (κ1) is 10.6. The number of hydrogen-bond acceptors (Lipinski definition) is 2. The van der Waals surface area contributed by atoms with Crippen molar-refractivity contribution in [3.8, 4) is 5.75 Å². The fourth-order valence-electron chi connectivity index (χ4n) is 2.52. The maximum atomic E-state index is 5.70. The van der Waals surface area contributed by atoms with Gasteiger partial charge in [-0.1, -0.05) is 24.3 Å². The summed E-state index contributed by atoms with van der Waals surface area (Å²) in [7, 11) is 1.70. The Morgan fingerprint density at radius 1 is 1.18 bits per heavy atom. The topological polar surface area (TPSA) is 35.2 Å². The normalized spacial score (nSPS) is 22.7. The van der Waals surface area contributed by atoms with Crippen LogP contribution in [0.1, 0.15) is 17.9 Å². The number of fused-ring (bicyclic) bond motifs is 1. The average molecular weight is 227 g/mol. The van der Waals surface area contributed by atoms with Crippen LogP contribution in [0.15, 0.2) is 36.4 Å². The Kier molecular flexibility index (Phi) is 2.52. The first-order valence-electron chi connectivity index (χ1n) is 6.09. The summed E-state index contributed by atoms with van der Waals surface area (Å²) in [5, 5.41) is 2.52. The van der Waals surface area contributed by atoms with E-state index < -0.39 is 0 Å². The van der Waals surface area contributed by atoms with E-state index in [4.69, 9.17) is 10.5 Å². The molecule has 2 N–H and O–H groups in total. The van der Waals surface area contributed by atoms with Crippen LogP contribution < -0.4 is 10.5 Å². The largest absolute Gasteiger partial charge is 0.497 e. The number of ether oxygens (including phenoxy) is 1. The van der Waals surface area contributed by atoms with E-state index in [1.54, 1.807) is 7.11 Å². The molecule has 0 radical (unpaired) electrons. The standard InChI is InChI=1S/C15H17NO/c1-17-14-5-4-10-6-12(3-2-11(10)7-14)15-8-13(15)9-16/h2-7,13,15H,8-9,16H2,1H3/t13-,15-/m0/s1. The van der Waals surface area contributed by atoms with E-state index in [1.807, 2.05) is 6.07 Å². The molecular formula is C15H17NO. The molecule has 0 saturated heterocycles. The molecule has 0 aliphatic heterocycles. The number of rotatable bonds is 3. The Morgan fingerprint density at radius 2 is 1.94 bits per heavy atom. The molecule has 2 aromatic carbocycles. The third-order valence-electron chi connectivity index (χ3n) is 3.72. The molecule has 0 spiro atoms.